The summed E-state index contributed by atoms with van der Waals surface area (Å²) in [5.74, 6) is -0.870. The van der Waals surface area contributed by atoms with Crippen LogP contribution in [0.3, 0.4) is 0 Å². The summed E-state index contributed by atoms with van der Waals surface area (Å²) in [5.41, 5.74) is 2.53. The molecule has 2 N–H and O–H groups in total. The van der Waals surface area contributed by atoms with Gasteiger partial charge >= 0.3 is 12.0 Å². The fourth-order valence-corrected chi connectivity index (χ4v) is 4.85. The van der Waals surface area contributed by atoms with Crippen LogP contribution in [0.15, 0.2) is 113 Å². The molecule has 0 aliphatic heterocycles. The van der Waals surface area contributed by atoms with Gasteiger partial charge in [0, 0.05) is 28.1 Å². The molecule has 0 aliphatic rings. The molecule has 0 bridgehead atoms. The summed E-state index contributed by atoms with van der Waals surface area (Å²) < 4.78 is 0. The third-order valence-corrected chi connectivity index (χ3v) is 6.96. The van der Waals surface area contributed by atoms with E-state index in [2.05, 4.69) is 5.32 Å². The molecule has 0 radical (unpaired) electrons. The van der Waals surface area contributed by atoms with Crippen LogP contribution in [0.2, 0.25) is 0 Å². The van der Waals surface area contributed by atoms with Crippen LogP contribution < -0.4 is 10.2 Å². The molecule has 4 aromatic rings. The number of carboxylic acid groups (broad SMARTS) is 1. The normalized spacial score (nSPS) is 10.6. The Morgan fingerprint density at radius 1 is 0.821 bits per heavy atom. The quantitative estimate of drug-likeness (QED) is 0.155. The molecule has 4 rings (SSSR count). The van der Waals surface area contributed by atoms with Gasteiger partial charge in [-0.1, -0.05) is 66.4 Å². The van der Waals surface area contributed by atoms with Crippen molar-refractivity contribution in [3.05, 3.63) is 124 Å². The molecule has 9 heteroatoms. The number of carbonyl (C=O) groups is 2. The number of amides is 2. The van der Waals surface area contributed by atoms with E-state index in [4.69, 9.17) is 5.11 Å². The lowest BCUT2D eigenvalue weighted by Crippen LogP contribution is -2.36. The number of rotatable bonds is 11. The minimum absolute atomic E-state index is 0.0199. The Labute approximate surface area is 230 Å². The van der Waals surface area contributed by atoms with Crippen LogP contribution in [-0.4, -0.2) is 28.6 Å². The molecule has 198 valence electrons. The average Bonchev–Trinajstić information content (AvgIpc) is 2.93. The summed E-state index contributed by atoms with van der Waals surface area (Å²) >= 11 is 1.53. The number of benzene rings is 4. The number of aliphatic carboxylic acids is 1. The highest BCUT2D eigenvalue weighted by molar-refractivity contribution is 7.99. The topological polar surface area (TPSA) is 113 Å². The smallest absolute Gasteiger partial charge is 0.326 e. The highest BCUT2D eigenvalue weighted by Gasteiger charge is 2.20. The van der Waals surface area contributed by atoms with Crippen LogP contribution in [0, 0.1) is 10.1 Å². The van der Waals surface area contributed by atoms with Crippen molar-refractivity contribution in [2.24, 2.45) is 0 Å². The molecule has 0 saturated carbocycles. The number of nitrogens with one attached hydrogen (secondary N) is 1. The highest BCUT2D eigenvalue weighted by Crippen LogP contribution is 2.30. The van der Waals surface area contributed by atoms with Crippen LogP contribution in [0.5, 0.6) is 0 Å². The molecule has 4 aromatic carbocycles. The first-order valence-corrected chi connectivity index (χ1v) is 13.2. The third-order valence-electron chi connectivity index (χ3n) is 5.94. The SMILES string of the molecule is O=C(O)Cc1ccc(Sc2ccc(N(CCCc3ccccc3)C(=O)Nc3ccccc3[N+](=O)[O-])cc2)cc1. The van der Waals surface area contributed by atoms with Gasteiger partial charge in [-0.25, -0.2) is 4.79 Å². The summed E-state index contributed by atoms with van der Waals surface area (Å²) in [7, 11) is 0. The van der Waals surface area contributed by atoms with Crippen LogP contribution >= 0.6 is 11.8 Å². The van der Waals surface area contributed by atoms with E-state index in [-0.39, 0.29) is 17.8 Å². The van der Waals surface area contributed by atoms with E-state index < -0.39 is 16.9 Å². The number of hydrogen-bond donors (Lipinski definition) is 2. The van der Waals surface area contributed by atoms with Gasteiger partial charge < -0.3 is 10.4 Å². The number of urea groups is 1. The number of aryl methyl sites for hydroxylation is 1. The van der Waals surface area contributed by atoms with Crippen LogP contribution in [-0.2, 0) is 17.6 Å². The maximum Gasteiger partial charge on any atom is 0.326 e. The molecule has 2 amide bonds. The Bertz CT molecular complexity index is 1430. The molecule has 0 heterocycles. The molecule has 0 aromatic heterocycles. The van der Waals surface area contributed by atoms with Crippen LogP contribution in [0.1, 0.15) is 17.5 Å². The second kappa shape index (κ2) is 13.3. The molecule has 39 heavy (non-hydrogen) atoms. The van der Waals surface area contributed by atoms with Crippen molar-refractivity contribution in [3.63, 3.8) is 0 Å². The Kier molecular flexibility index (Phi) is 9.31. The van der Waals surface area contributed by atoms with Crippen molar-refractivity contribution >= 4 is 40.8 Å². The van der Waals surface area contributed by atoms with Crippen molar-refractivity contribution in [1.82, 2.24) is 0 Å². The van der Waals surface area contributed by atoms with E-state index in [0.29, 0.717) is 18.7 Å². The van der Waals surface area contributed by atoms with E-state index in [9.17, 15) is 19.7 Å². The number of nitro groups is 1. The van der Waals surface area contributed by atoms with E-state index >= 15 is 0 Å². The van der Waals surface area contributed by atoms with Crippen molar-refractivity contribution in [3.8, 4) is 0 Å². The maximum atomic E-state index is 13.4. The van der Waals surface area contributed by atoms with E-state index in [1.54, 1.807) is 29.2 Å². The van der Waals surface area contributed by atoms with Crippen LogP contribution in [0.25, 0.3) is 0 Å². The van der Waals surface area contributed by atoms with Gasteiger partial charge in [0.05, 0.1) is 11.3 Å². The lowest BCUT2D eigenvalue weighted by atomic mass is 10.1. The number of carboxylic acids is 1. The molecule has 0 saturated heterocycles. The van der Waals surface area contributed by atoms with E-state index in [1.165, 1.54) is 23.9 Å². The Morgan fingerprint density at radius 3 is 2.08 bits per heavy atom. The fourth-order valence-electron chi connectivity index (χ4n) is 4.04. The van der Waals surface area contributed by atoms with Gasteiger partial charge in [0.2, 0.25) is 0 Å². The average molecular weight is 542 g/mol. The number of carbonyl (C=O) groups excluding carboxylic acids is 1. The lowest BCUT2D eigenvalue weighted by molar-refractivity contribution is -0.383. The Hall–Kier alpha value is -4.63. The van der Waals surface area contributed by atoms with Gasteiger partial charge in [-0.15, -0.1) is 0 Å². The summed E-state index contributed by atoms with van der Waals surface area (Å²) in [4.78, 5) is 38.7. The Morgan fingerprint density at radius 2 is 1.44 bits per heavy atom. The minimum Gasteiger partial charge on any atom is -0.481 e. The molecule has 0 unspecified atom stereocenters. The van der Waals surface area contributed by atoms with Gasteiger partial charge in [0.15, 0.2) is 0 Å². The molecular weight excluding hydrogens is 514 g/mol. The molecule has 0 spiro atoms. The lowest BCUT2D eigenvalue weighted by Gasteiger charge is -2.23. The van der Waals surface area contributed by atoms with Crippen LogP contribution in [0.4, 0.5) is 21.9 Å². The van der Waals surface area contributed by atoms with Crippen molar-refractivity contribution in [1.29, 1.82) is 0 Å². The number of nitro benzene ring substituents is 1. The predicted octanol–water partition coefficient (Wildman–Crippen LogP) is 7.04. The predicted molar refractivity (Wildman–Crippen MR) is 153 cm³/mol. The van der Waals surface area contributed by atoms with Gasteiger partial charge in [-0.05, 0) is 66.4 Å². The standard InChI is InChI=1S/C30H27N3O5S/c34-29(35)21-23-12-16-25(17-13-23)39-26-18-14-24(15-19-26)32(20-6-9-22-7-2-1-3-8-22)30(36)31-27-10-4-5-11-28(27)33(37)38/h1-5,7-8,10-19H,6,9,20-21H2,(H,31,36)(H,34,35). The molecular formula is C30H27N3O5S. The second-order valence-corrected chi connectivity index (χ2v) is 9.90. The number of anilines is 2. The second-order valence-electron chi connectivity index (χ2n) is 8.76. The van der Waals surface area contributed by atoms with Gasteiger partial charge in [-0.2, -0.15) is 0 Å². The summed E-state index contributed by atoms with van der Waals surface area (Å²) in [6.45, 7) is 0.416. The minimum atomic E-state index is -0.870. The van der Waals surface area contributed by atoms with Crippen molar-refractivity contribution < 1.29 is 19.6 Å². The Balaban J connectivity index is 1.49. The maximum absolute atomic E-state index is 13.4. The summed E-state index contributed by atoms with van der Waals surface area (Å²) in [6.07, 6.45) is 1.46. The number of hydrogen-bond acceptors (Lipinski definition) is 5. The number of nitrogens with zero attached hydrogens (tertiary/aromatic N) is 2. The zero-order valence-corrected chi connectivity index (χ0v) is 21.8. The van der Waals surface area contributed by atoms with E-state index in [1.807, 2.05) is 66.7 Å². The van der Waals surface area contributed by atoms with Gasteiger partial charge in [0.25, 0.3) is 5.69 Å². The zero-order chi connectivity index (χ0) is 27.6. The first-order valence-electron chi connectivity index (χ1n) is 12.3. The molecule has 8 nitrogen and oxygen atoms in total. The summed E-state index contributed by atoms with van der Waals surface area (Å²) in [6, 6.07) is 30.5. The van der Waals surface area contributed by atoms with E-state index in [0.717, 1.165) is 27.3 Å². The molecule has 0 atom stereocenters. The first kappa shape index (κ1) is 27.4. The molecule has 0 aliphatic carbocycles. The number of para-hydroxylation sites is 2. The highest BCUT2D eigenvalue weighted by atomic mass is 32.2. The first-order chi connectivity index (χ1) is 18.9. The molecule has 0 fully saturated rings. The zero-order valence-electron chi connectivity index (χ0n) is 21.0. The van der Waals surface area contributed by atoms with Crippen molar-refractivity contribution in [2.45, 2.75) is 29.1 Å². The largest absolute Gasteiger partial charge is 0.481 e. The summed E-state index contributed by atoms with van der Waals surface area (Å²) in [5, 5.41) is 23.1. The van der Waals surface area contributed by atoms with Crippen molar-refractivity contribution in [2.75, 3.05) is 16.8 Å². The fraction of sp³-hybridized carbons (Fsp3) is 0.133. The monoisotopic (exact) mass is 541 g/mol. The third kappa shape index (κ3) is 7.93. The van der Waals surface area contributed by atoms with Gasteiger partial charge in [0.1, 0.15) is 5.69 Å². The van der Waals surface area contributed by atoms with Gasteiger partial charge in [-0.3, -0.25) is 19.8 Å².